The van der Waals surface area contributed by atoms with Gasteiger partial charge in [0.1, 0.15) is 0 Å². The highest BCUT2D eigenvalue weighted by molar-refractivity contribution is 5.93. The predicted molar refractivity (Wildman–Crippen MR) is 67.1 cm³/mol. The maximum Gasteiger partial charge on any atom is 0.0393 e. The van der Waals surface area contributed by atoms with Crippen LogP contribution in [0.2, 0.25) is 0 Å². The minimum Gasteiger partial charge on any atom is -0.398 e. The van der Waals surface area contributed by atoms with E-state index in [0.29, 0.717) is 0 Å². The van der Waals surface area contributed by atoms with Crippen LogP contribution < -0.4 is 5.73 Å². The molecule has 0 spiro atoms. The Morgan fingerprint density at radius 1 is 1.00 bits per heavy atom. The first kappa shape index (κ1) is 10.0. The summed E-state index contributed by atoms with van der Waals surface area (Å²) in [6, 6.07) is 12.6. The minimum atomic E-state index is 0.177. The summed E-state index contributed by atoms with van der Waals surface area (Å²) < 4.78 is 0. The zero-order chi connectivity index (χ0) is 11.1. The average molecular weight is 199 g/mol. The summed E-state index contributed by atoms with van der Waals surface area (Å²) in [6.45, 7) is 6.65. The summed E-state index contributed by atoms with van der Waals surface area (Å²) in [5.74, 6) is 0. The lowest BCUT2D eigenvalue weighted by Crippen LogP contribution is -2.10. The van der Waals surface area contributed by atoms with E-state index in [1.54, 1.807) is 0 Å². The molecule has 0 saturated heterocycles. The number of hydrogen-bond donors (Lipinski definition) is 1. The highest BCUT2D eigenvalue weighted by atomic mass is 14.5. The van der Waals surface area contributed by atoms with Crippen LogP contribution in [0.1, 0.15) is 26.3 Å². The summed E-state index contributed by atoms with van der Waals surface area (Å²) in [5, 5.41) is 2.37. The fraction of sp³-hybridized carbons (Fsp3) is 0.286. The van der Waals surface area contributed by atoms with Gasteiger partial charge in [-0.25, -0.2) is 0 Å². The van der Waals surface area contributed by atoms with Gasteiger partial charge in [-0.1, -0.05) is 45.0 Å². The number of nitrogen functional groups attached to an aromatic ring is 1. The fourth-order valence-corrected chi connectivity index (χ4v) is 1.76. The highest BCUT2D eigenvalue weighted by Crippen LogP contribution is 2.28. The SMILES string of the molecule is CC(C)(C)c1ccc2cccc(N)c2c1. The molecule has 0 unspecified atom stereocenters. The molecule has 1 heteroatoms. The van der Waals surface area contributed by atoms with Crippen molar-refractivity contribution in [2.75, 3.05) is 5.73 Å². The zero-order valence-corrected chi connectivity index (χ0v) is 9.54. The van der Waals surface area contributed by atoms with E-state index in [0.717, 1.165) is 11.1 Å². The first-order valence-corrected chi connectivity index (χ1v) is 5.27. The molecule has 2 aromatic rings. The monoisotopic (exact) mass is 199 g/mol. The second kappa shape index (κ2) is 3.27. The number of hydrogen-bond acceptors (Lipinski definition) is 1. The first-order chi connectivity index (χ1) is 6.98. The van der Waals surface area contributed by atoms with E-state index in [-0.39, 0.29) is 5.41 Å². The zero-order valence-electron chi connectivity index (χ0n) is 9.54. The molecule has 0 heterocycles. The van der Waals surface area contributed by atoms with Gasteiger partial charge in [-0.15, -0.1) is 0 Å². The van der Waals surface area contributed by atoms with E-state index < -0.39 is 0 Å². The Labute approximate surface area is 90.9 Å². The summed E-state index contributed by atoms with van der Waals surface area (Å²) in [6.07, 6.45) is 0. The van der Waals surface area contributed by atoms with Crippen molar-refractivity contribution in [3.63, 3.8) is 0 Å². The molecule has 0 aliphatic heterocycles. The van der Waals surface area contributed by atoms with E-state index in [1.165, 1.54) is 10.9 Å². The van der Waals surface area contributed by atoms with Gasteiger partial charge in [0, 0.05) is 11.1 Å². The molecule has 0 aliphatic carbocycles. The van der Waals surface area contributed by atoms with Crippen LogP contribution in [0.15, 0.2) is 36.4 Å². The van der Waals surface area contributed by atoms with Crippen LogP contribution in [-0.2, 0) is 5.41 Å². The maximum atomic E-state index is 5.97. The van der Waals surface area contributed by atoms with Gasteiger partial charge < -0.3 is 5.73 Å². The molecule has 0 amide bonds. The van der Waals surface area contributed by atoms with Crippen LogP contribution in [0, 0.1) is 0 Å². The Kier molecular flexibility index (Phi) is 2.18. The smallest absolute Gasteiger partial charge is 0.0393 e. The lowest BCUT2D eigenvalue weighted by atomic mass is 9.86. The van der Waals surface area contributed by atoms with Gasteiger partial charge in [-0.3, -0.25) is 0 Å². The summed E-state index contributed by atoms with van der Waals surface area (Å²) in [5.41, 5.74) is 8.33. The predicted octanol–water partition coefficient (Wildman–Crippen LogP) is 3.72. The van der Waals surface area contributed by atoms with E-state index in [1.807, 2.05) is 12.1 Å². The molecule has 1 nitrogen and oxygen atoms in total. The van der Waals surface area contributed by atoms with Crippen molar-refractivity contribution < 1.29 is 0 Å². The topological polar surface area (TPSA) is 26.0 Å². The Morgan fingerprint density at radius 2 is 1.73 bits per heavy atom. The molecule has 0 fully saturated rings. The number of nitrogens with two attached hydrogens (primary N) is 1. The lowest BCUT2D eigenvalue weighted by Gasteiger charge is -2.19. The molecular formula is C14H17N. The van der Waals surface area contributed by atoms with Crippen molar-refractivity contribution in [1.82, 2.24) is 0 Å². The van der Waals surface area contributed by atoms with Gasteiger partial charge in [0.15, 0.2) is 0 Å². The molecule has 0 aromatic heterocycles. The van der Waals surface area contributed by atoms with Crippen molar-refractivity contribution in [1.29, 1.82) is 0 Å². The van der Waals surface area contributed by atoms with Crippen LogP contribution in [0.25, 0.3) is 10.8 Å². The molecule has 0 atom stereocenters. The molecular weight excluding hydrogens is 182 g/mol. The van der Waals surface area contributed by atoms with Gasteiger partial charge in [-0.05, 0) is 28.5 Å². The molecule has 2 aromatic carbocycles. The van der Waals surface area contributed by atoms with Crippen molar-refractivity contribution >= 4 is 16.5 Å². The van der Waals surface area contributed by atoms with Crippen LogP contribution in [0.5, 0.6) is 0 Å². The third kappa shape index (κ3) is 1.82. The Bertz CT molecular complexity index is 492. The van der Waals surface area contributed by atoms with Gasteiger partial charge in [0.2, 0.25) is 0 Å². The van der Waals surface area contributed by atoms with Crippen LogP contribution in [0.3, 0.4) is 0 Å². The van der Waals surface area contributed by atoms with E-state index in [4.69, 9.17) is 5.73 Å². The van der Waals surface area contributed by atoms with E-state index >= 15 is 0 Å². The maximum absolute atomic E-state index is 5.97. The quantitative estimate of drug-likeness (QED) is 0.643. The third-order valence-electron chi connectivity index (χ3n) is 2.78. The summed E-state index contributed by atoms with van der Waals surface area (Å²) in [4.78, 5) is 0. The minimum absolute atomic E-state index is 0.177. The van der Waals surface area contributed by atoms with Gasteiger partial charge in [-0.2, -0.15) is 0 Å². The van der Waals surface area contributed by atoms with Crippen molar-refractivity contribution in [2.45, 2.75) is 26.2 Å². The van der Waals surface area contributed by atoms with Crippen molar-refractivity contribution in [3.05, 3.63) is 42.0 Å². The van der Waals surface area contributed by atoms with Crippen molar-refractivity contribution in [2.24, 2.45) is 0 Å². The van der Waals surface area contributed by atoms with Gasteiger partial charge in [0.25, 0.3) is 0 Å². The summed E-state index contributed by atoms with van der Waals surface area (Å²) >= 11 is 0. The number of anilines is 1. The summed E-state index contributed by atoms with van der Waals surface area (Å²) in [7, 11) is 0. The molecule has 0 bridgehead atoms. The number of rotatable bonds is 0. The second-order valence-electron chi connectivity index (χ2n) is 5.03. The van der Waals surface area contributed by atoms with Crippen LogP contribution >= 0.6 is 0 Å². The molecule has 0 aliphatic rings. The molecule has 0 saturated carbocycles. The highest BCUT2D eigenvalue weighted by Gasteiger charge is 2.13. The molecule has 2 rings (SSSR count). The number of benzene rings is 2. The van der Waals surface area contributed by atoms with Crippen molar-refractivity contribution in [3.8, 4) is 0 Å². The normalized spacial score (nSPS) is 11.9. The Morgan fingerprint density at radius 3 is 2.40 bits per heavy atom. The van der Waals surface area contributed by atoms with E-state index in [2.05, 4.69) is 45.0 Å². The molecule has 15 heavy (non-hydrogen) atoms. The number of fused-ring (bicyclic) bond motifs is 1. The first-order valence-electron chi connectivity index (χ1n) is 5.27. The Balaban J connectivity index is 2.70. The molecule has 0 radical (unpaired) electrons. The standard InChI is InChI=1S/C14H17N/c1-14(2,3)11-8-7-10-5-4-6-13(15)12(10)9-11/h4-9H,15H2,1-3H3. The third-order valence-corrected chi connectivity index (χ3v) is 2.78. The Hall–Kier alpha value is -1.50. The van der Waals surface area contributed by atoms with Crippen LogP contribution in [-0.4, -0.2) is 0 Å². The largest absolute Gasteiger partial charge is 0.398 e. The molecule has 2 N–H and O–H groups in total. The fourth-order valence-electron chi connectivity index (χ4n) is 1.76. The second-order valence-corrected chi connectivity index (χ2v) is 5.03. The van der Waals surface area contributed by atoms with Gasteiger partial charge >= 0.3 is 0 Å². The van der Waals surface area contributed by atoms with Gasteiger partial charge in [0.05, 0.1) is 0 Å². The van der Waals surface area contributed by atoms with Crippen LogP contribution in [0.4, 0.5) is 5.69 Å². The average Bonchev–Trinajstić information content (AvgIpc) is 2.16. The lowest BCUT2D eigenvalue weighted by molar-refractivity contribution is 0.591. The van der Waals surface area contributed by atoms with E-state index in [9.17, 15) is 0 Å². The molecule has 78 valence electrons.